The van der Waals surface area contributed by atoms with Gasteiger partial charge in [0.1, 0.15) is 0 Å². The van der Waals surface area contributed by atoms with E-state index < -0.39 is 18.4 Å². The van der Waals surface area contributed by atoms with Crippen molar-refractivity contribution >= 4 is 18.4 Å². The van der Waals surface area contributed by atoms with Crippen LogP contribution in [0.4, 0.5) is 0 Å². The van der Waals surface area contributed by atoms with Gasteiger partial charge in [-0.25, -0.2) is 0 Å². The Balaban J connectivity index is 4.78. The second-order valence-corrected chi connectivity index (χ2v) is 18.5. The molecule has 0 aliphatic rings. The van der Waals surface area contributed by atoms with E-state index in [1.807, 2.05) is 0 Å². The first-order valence-electron chi connectivity index (χ1n) is 7.26. The summed E-state index contributed by atoms with van der Waals surface area (Å²) in [6.45, 7) is 10.9. The minimum absolute atomic E-state index is 1.04. The number of hydrogen-bond acceptors (Lipinski definition) is 1. The fourth-order valence-electron chi connectivity index (χ4n) is 2.49. The van der Waals surface area contributed by atoms with E-state index in [2.05, 4.69) is 33.4 Å². The molecule has 0 saturated heterocycles. The van der Waals surface area contributed by atoms with Crippen LogP contribution in [0.15, 0.2) is 10.2 Å². The Kier molecular flexibility index (Phi) is 10.0. The minimum atomic E-state index is -2.35. The molecule has 0 aliphatic heterocycles. The van der Waals surface area contributed by atoms with Crippen LogP contribution in [0.1, 0.15) is 59.3 Å². The fourth-order valence-corrected chi connectivity index (χ4v) is 16.7. The standard InChI is InChI=1S/3C4H9.C3H2N.Sn/c3*1-3-4-2;1-2-3-4;/h3*1,3-4H2,2H3;1H2;. The summed E-state index contributed by atoms with van der Waals surface area (Å²) in [5.41, 5.74) is 0. The van der Waals surface area contributed by atoms with Crippen LogP contribution in [-0.4, -0.2) is 18.4 Å². The maximum absolute atomic E-state index is 9.27. The third-order valence-corrected chi connectivity index (χ3v) is 19.0. The summed E-state index contributed by atoms with van der Waals surface area (Å²) in [6.07, 6.45) is 7.71. The first-order valence-corrected chi connectivity index (χ1v) is 14.7. The van der Waals surface area contributed by atoms with Gasteiger partial charge in [-0.1, -0.05) is 0 Å². The molecule has 0 saturated carbocycles. The average Bonchev–Trinajstić information content (AvgIpc) is 2.37. The van der Waals surface area contributed by atoms with Crippen molar-refractivity contribution in [3.8, 4) is 6.07 Å². The number of hydrogen-bond donors (Lipinski definition) is 0. The molecular weight excluding hydrogens is 313 g/mol. The van der Waals surface area contributed by atoms with Crippen molar-refractivity contribution in [2.24, 2.45) is 0 Å². The molecule has 0 aromatic carbocycles. The Hall–Kier alpha value is 0.0287. The van der Waals surface area contributed by atoms with Gasteiger partial charge in [0.25, 0.3) is 0 Å². The molecule has 1 nitrogen and oxygen atoms in total. The Labute approximate surface area is 112 Å². The third-order valence-electron chi connectivity index (χ3n) is 3.80. The van der Waals surface area contributed by atoms with Crippen molar-refractivity contribution in [1.29, 1.82) is 5.26 Å². The van der Waals surface area contributed by atoms with E-state index in [9.17, 15) is 5.26 Å². The van der Waals surface area contributed by atoms with Gasteiger partial charge in [0, 0.05) is 0 Å². The molecule has 0 radical (unpaired) electrons. The Morgan fingerprint density at radius 3 is 1.53 bits per heavy atom. The molecule has 0 atom stereocenters. The van der Waals surface area contributed by atoms with E-state index in [0.717, 1.165) is 3.59 Å². The van der Waals surface area contributed by atoms with Crippen molar-refractivity contribution in [3.05, 3.63) is 10.2 Å². The monoisotopic (exact) mass is 343 g/mol. The number of nitriles is 1. The molecule has 0 aromatic rings. The third kappa shape index (κ3) is 5.95. The van der Waals surface area contributed by atoms with E-state index in [-0.39, 0.29) is 0 Å². The Bertz CT molecular complexity index is 230. The van der Waals surface area contributed by atoms with Crippen LogP contribution in [0.3, 0.4) is 0 Å². The van der Waals surface area contributed by atoms with Crippen molar-refractivity contribution in [2.75, 3.05) is 0 Å². The number of allylic oxidation sites excluding steroid dienone is 1. The van der Waals surface area contributed by atoms with Gasteiger partial charge in [0.2, 0.25) is 0 Å². The van der Waals surface area contributed by atoms with Crippen molar-refractivity contribution in [2.45, 2.75) is 72.6 Å². The topological polar surface area (TPSA) is 23.8 Å². The predicted molar refractivity (Wildman–Crippen MR) is 79.7 cm³/mol. The molecule has 0 fully saturated rings. The first kappa shape index (κ1) is 17.0. The summed E-state index contributed by atoms with van der Waals surface area (Å²) in [7, 11) is 0. The number of unbranched alkanes of at least 4 members (excludes halogenated alkanes) is 3. The van der Waals surface area contributed by atoms with E-state index >= 15 is 0 Å². The van der Waals surface area contributed by atoms with Gasteiger partial charge in [-0.2, -0.15) is 0 Å². The van der Waals surface area contributed by atoms with Crippen molar-refractivity contribution in [3.63, 3.8) is 0 Å². The molecule has 2 heteroatoms. The van der Waals surface area contributed by atoms with Gasteiger partial charge in [-0.15, -0.1) is 0 Å². The molecule has 0 unspecified atom stereocenters. The predicted octanol–water partition coefficient (Wildman–Crippen LogP) is 5.45. The van der Waals surface area contributed by atoms with E-state index in [1.54, 1.807) is 0 Å². The second-order valence-electron chi connectivity index (χ2n) is 5.18. The van der Waals surface area contributed by atoms with Gasteiger partial charge in [0.05, 0.1) is 0 Å². The van der Waals surface area contributed by atoms with Crippen LogP contribution < -0.4 is 0 Å². The zero-order valence-corrected chi connectivity index (χ0v) is 14.9. The normalized spacial score (nSPS) is 11.2. The summed E-state index contributed by atoms with van der Waals surface area (Å²) < 4.78 is 5.11. The van der Waals surface area contributed by atoms with Gasteiger partial charge in [0.15, 0.2) is 0 Å². The molecule has 0 amide bonds. The van der Waals surface area contributed by atoms with E-state index in [4.69, 9.17) is 0 Å². The number of nitrogens with zero attached hydrogens (tertiary/aromatic N) is 1. The molecule has 0 bridgehead atoms. The zero-order valence-electron chi connectivity index (χ0n) is 12.0. The molecule has 98 valence electrons. The average molecular weight is 342 g/mol. The van der Waals surface area contributed by atoms with Crippen LogP contribution in [0.25, 0.3) is 0 Å². The molecular formula is C15H29NSn. The van der Waals surface area contributed by atoms with Gasteiger partial charge in [-0.3, -0.25) is 0 Å². The van der Waals surface area contributed by atoms with E-state index in [1.165, 1.54) is 51.8 Å². The Morgan fingerprint density at radius 2 is 1.29 bits per heavy atom. The SMILES string of the molecule is C=[C](C#N)[Sn]([CH2]CCC)([CH2]CCC)[CH2]CCC. The maximum atomic E-state index is 9.27. The van der Waals surface area contributed by atoms with Gasteiger partial charge >= 0.3 is 112 Å². The van der Waals surface area contributed by atoms with Crippen LogP contribution in [0.2, 0.25) is 13.3 Å². The summed E-state index contributed by atoms with van der Waals surface area (Å²) in [5.74, 6) is 0. The molecule has 0 heterocycles. The summed E-state index contributed by atoms with van der Waals surface area (Å²) in [5, 5.41) is 9.27. The first-order chi connectivity index (χ1) is 8.16. The van der Waals surface area contributed by atoms with Crippen molar-refractivity contribution < 1.29 is 0 Å². The zero-order chi connectivity index (χ0) is 13.1. The molecule has 0 spiro atoms. The fraction of sp³-hybridized carbons (Fsp3) is 0.800. The van der Waals surface area contributed by atoms with Gasteiger partial charge < -0.3 is 0 Å². The molecule has 17 heavy (non-hydrogen) atoms. The van der Waals surface area contributed by atoms with Crippen molar-refractivity contribution in [1.82, 2.24) is 0 Å². The second kappa shape index (κ2) is 10.00. The van der Waals surface area contributed by atoms with Gasteiger partial charge in [-0.05, 0) is 0 Å². The van der Waals surface area contributed by atoms with E-state index in [0.29, 0.717) is 0 Å². The summed E-state index contributed by atoms with van der Waals surface area (Å²) in [6, 6.07) is 2.43. The van der Waals surface area contributed by atoms with Crippen LogP contribution in [0.5, 0.6) is 0 Å². The summed E-state index contributed by atoms with van der Waals surface area (Å²) in [4.78, 5) is 0. The summed E-state index contributed by atoms with van der Waals surface area (Å²) >= 11 is -2.35. The van der Waals surface area contributed by atoms with Crippen LogP contribution >= 0.6 is 0 Å². The quantitative estimate of drug-likeness (QED) is 0.382. The number of rotatable bonds is 10. The van der Waals surface area contributed by atoms with Crippen LogP contribution in [-0.2, 0) is 0 Å². The molecule has 0 aliphatic carbocycles. The molecule has 0 aromatic heterocycles. The Morgan fingerprint density at radius 1 is 0.941 bits per heavy atom. The molecule has 0 N–H and O–H groups in total. The molecule has 0 rings (SSSR count). The van der Waals surface area contributed by atoms with Crippen LogP contribution in [0, 0.1) is 11.3 Å².